The van der Waals surface area contributed by atoms with E-state index in [1.54, 1.807) is 11.8 Å². The number of ether oxygens (including phenoxy) is 1. The predicted octanol–water partition coefficient (Wildman–Crippen LogP) is 0.149. The lowest BCUT2D eigenvalue weighted by atomic mass is 10.2. The molecule has 0 aliphatic heterocycles. The summed E-state index contributed by atoms with van der Waals surface area (Å²) < 4.78 is 11.9. The van der Waals surface area contributed by atoms with Crippen molar-refractivity contribution in [3.63, 3.8) is 0 Å². The Morgan fingerprint density at radius 3 is 2.71 bits per heavy atom. The van der Waals surface area contributed by atoms with Crippen LogP contribution in [0.15, 0.2) is 33.8 Å². The van der Waals surface area contributed by atoms with Crippen LogP contribution in [0.25, 0.3) is 0 Å². The maximum atomic E-state index is 11.1. The zero-order valence-corrected chi connectivity index (χ0v) is 12.3. The molecule has 0 saturated carbocycles. The third-order valence-corrected chi connectivity index (χ3v) is 2.88. The van der Waals surface area contributed by atoms with E-state index in [1.165, 1.54) is 6.92 Å². The van der Waals surface area contributed by atoms with Gasteiger partial charge in [0.1, 0.15) is 5.75 Å². The van der Waals surface area contributed by atoms with Crippen LogP contribution in [0.2, 0.25) is 0 Å². The molecule has 0 radical (unpaired) electrons. The summed E-state index contributed by atoms with van der Waals surface area (Å²) in [6.45, 7) is 2.41. The van der Waals surface area contributed by atoms with Crippen molar-refractivity contribution in [2.75, 3.05) is 14.2 Å². The van der Waals surface area contributed by atoms with E-state index in [4.69, 9.17) is 9.26 Å². The molecule has 1 heterocycles. The van der Waals surface area contributed by atoms with Gasteiger partial charge in [-0.05, 0) is 48.8 Å². The van der Waals surface area contributed by atoms with Crippen LogP contribution in [0.1, 0.15) is 18.2 Å². The van der Waals surface area contributed by atoms with Gasteiger partial charge >= 0.3 is 5.88 Å². The summed E-state index contributed by atoms with van der Waals surface area (Å²) >= 11 is 0. The summed E-state index contributed by atoms with van der Waals surface area (Å²) in [7, 11) is 3.43. The van der Waals surface area contributed by atoms with Gasteiger partial charge in [0.05, 0.1) is 13.7 Å². The van der Waals surface area contributed by atoms with Gasteiger partial charge in [0, 0.05) is 5.56 Å². The number of hydrogen-bond acceptors (Lipinski definition) is 6. The monoisotopic (exact) mass is 290 g/mol. The van der Waals surface area contributed by atoms with Gasteiger partial charge in [0.2, 0.25) is 11.8 Å². The van der Waals surface area contributed by atoms with Gasteiger partial charge in [-0.25, -0.2) is 4.99 Å². The van der Waals surface area contributed by atoms with Crippen LogP contribution in [-0.2, 0) is 13.1 Å². The third-order valence-electron chi connectivity index (χ3n) is 2.88. The summed E-state index contributed by atoms with van der Waals surface area (Å²) in [5, 5.41) is 18.1. The van der Waals surface area contributed by atoms with E-state index < -0.39 is 0 Å². The highest BCUT2D eigenvalue weighted by Crippen LogP contribution is 2.16. The smallest absolute Gasteiger partial charge is 0.325 e. The average Bonchev–Trinajstić information content (AvgIpc) is 2.82. The normalized spacial score (nSPS) is 11.7. The minimum Gasteiger partial charge on any atom is -0.862 e. The predicted molar refractivity (Wildman–Crippen MR) is 74.3 cm³/mol. The van der Waals surface area contributed by atoms with E-state index in [9.17, 15) is 5.11 Å². The Kier molecular flexibility index (Phi) is 4.89. The number of methoxy groups -OCH3 is 1. The molecule has 1 aromatic heterocycles. The topological polar surface area (TPSA) is 86.6 Å². The Morgan fingerprint density at radius 2 is 2.14 bits per heavy atom. The molecular weight excluding hydrogens is 272 g/mol. The molecule has 0 fully saturated rings. The SMILES string of the molecule is CNCc1c(/N=C(/C)[O-])on[n+]1Cc1ccc(OC)cc1. The summed E-state index contributed by atoms with van der Waals surface area (Å²) in [6.07, 6.45) is 0. The van der Waals surface area contributed by atoms with E-state index in [-0.39, 0.29) is 11.8 Å². The first kappa shape index (κ1) is 15.0. The Hall–Kier alpha value is -2.41. The highest BCUT2D eigenvalue weighted by Gasteiger charge is 2.23. The van der Waals surface area contributed by atoms with Crippen molar-refractivity contribution in [2.24, 2.45) is 4.99 Å². The molecule has 21 heavy (non-hydrogen) atoms. The fourth-order valence-corrected chi connectivity index (χ4v) is 1.89. The number of aliphatic imine (C=N–C) groups is 1. The number of benzene rings is 1. The molecule has 112 valence electrons. The van der Waals surface area contributed by atoms with Gasteiger partial charge < -0.3 is 15.2 Å². The lowest BCUT2D eigenvalue weighted by Crippen LogP contribution is -2.41. The maximum Gasteiger partial charge on any atom is 0.325 e. The molecule has 1 aromatic carbocycles. The standard InChI is InChI=1S/C14H18N4O3/c1-10(19)16-14-13(8-15-2)18(17-21-14)9-11-4-6-12(20-3)7-5-11/h4-7,15H,8-9H2,1-3H3. The van der Waals surface area contributed by atoms with Crippen molar-refractivity contribution in [1.29, 1.82) is 0 Å². The summed E-state index contributed by atoms with van der Waals surface area (Å²) in [6, 6.07) is 7.67. The molecule has 0 spiro atoms. The molecule has 7 nitrogen and oxygen atoms in total. The Labute approximate surface area is 122 Å². The Morgan fingerprint density at radius 1 is 1.43 bits per heavy atom. The largest absolute Gasteiger partial charge is 0.862 e. The summed E-state index contributed by atoms with van der Waals surface area (Å²) in [5.74, 6) is 0.720. The second-order valence-corrected chi connectivity index (χ2v) is 4.49. The number of nitrogens with zero attached hydrogens (tertiary/aromatic N) is 3. The fourth-order valence-electron chi connectivity index (χ4n) is 1.89. The molecule has 0 atom stereocenters. The zero-order valence-electron chi connectivity index (χ0n) is 12.3. The summed E-state index contributed by atoms with van der Waals surface area (Å²) in [5.41, 5.74) is 1.77. The van der Waals surface area contributed by atoms with Crippen LogP contribution in [0.3, 0.4) is 0 Å². The van der Waals surface area contributed by atoms with E-state index >= 15 is 0 Å². The van der Waals surface area contributed by atoms with Gasteiger partial charge in [-0.2, -0.15) is 0 Å². The van der Waals surface area contributed by atoms with Crippen molar-refractivity contribution < 1.29 is 19.0 Å². The molecule has 2 rings (SSSR count). The zero-order chi connectivity index (χ0) is 15.2. The molecule has 0 amide bonds. The lowest BCUT2D eigenvalue weighted by Gasteiger charge is -2.01. The van der Waals surface area contributed by atoms with Crippen molar-refractivity contribution >= 4 is 11.8 Å². The molecule has 1 N–H and O–H groups in total. The second kappa shape index (κ2) is 6.85. The third kappa shape index (κ3) is 3.79. The van der Waals surface area contributed by atoms with Crippen LogP contribution in [-0.4, -0.2) is 25.3 Å². The first-order chi connectivity index (χ1) is 10.1. The Bertz CT molecular complexity index is 616. The second-order valence-electron chi connectivity index (χ2n) is 4.49. The summed E-state index contributed by atoms with van der Waals surface area (Å²) in [4.78, 5) is 3.82. The van der Waals surface area contributed by atoms with Gasteiger partial charge in [0.25, 0.3) is 5.69 Å². The first-order valence-corrected chi connectivity index (χ1v) is 6.52. The number of rotatable bonds is 6. The van der Waals surface area contributed by atoms with E-state index in [2.05, 4.69) is 15.6 Å². The number of nitrogens with one attached hydrogen (secondary N) is 1. The number of hydrogen-bond donors (Lipinski definition) is 1. The van der Waals surface area contributed by atoms with Crippen LogP contribution in [0, 0.1) is 0 Å². The van der Waals surface area contributed by atoms with Crippen LogP contribution in [0.5, 0.6) is 5.75 Å². The molecule has 2 aromatic rings. The average molecular weight is 290 g/mol. The quantitative estimate of drug-likeness (QED) is 0.465. The minimum atomic E-state index is -0.319. The van der Waals surface area contributed by atoms with Gasteiger partial charge in [-0.15, -0.1) is 0 Å². The van der Waals surface area contributed by atoms with Crippen molar-refractivity contribution in [3.8, 4) is 5.75 Å². The van der Waals surface area contributed by atoms with Crippen LogP contribution >= 0.6 is 0 Å². The molecule has 0 saturated heterocycles. The van der Waals surface area contributed by atoms with Crippen molar-refractivity contribution in [3.05, 3.63) is 35.5 Å². The Balaban J connectivity index is 2.26. The van der Waals surface area contributed by atoms with Gasteiger partial charge in [-0.1, -0.05) is 0 Å². The first-order valence-electron chi connectivity index (χ1n) is 6.52. The molecule has 0 aliphatic carbocycles. The van der Waals surface area contributed by atoms with Crippen molar-refractivity contribution in [2.45, 2.75) is 20.0 Å². The van der Waals surface area contributed by atoms with Gasteiger partial charge in [-0.3, -0.25) is 4.52 Å². The van der Waals surface area contributed by atoms with Crippen molar-refractivity contribution in [1.82, 2.24) is 10.6 Å². The molecule has 0 aliphatic rings. The highest BCUT2D eigenvalue weighted by atomic mass is 16.5. The molecule has 7 heteroatoms. The maximum absolute atomic E-state index is 11.1. The van der Waals surface area contributed by atoms with Gasteiger partial charge in [0.15, 0.2) is 0 Å². The number of aromatic nitrogens is 2. The highest BCUT2D eigenvalue weighted by molar-refractivity contribution is 5.71. The lowest BCUT2D eigenvalue weighted by molar-refractivity contribution is -0.760. The molecular formula is C14H18N4O3. The van der Waals surface area contributed by atoms with Crippen LogP contribution < -0.4 is 19.8 Å². The minimum absolute atomic E-state index is 0.241. The van der Waals surface area contributed by atoms with E-state index in [1.807, 2.05) is 31.3 Å². The molecule has 0 bridgehead atoms. The van der Waals surface area contributed by atoms with E-state index in [0.29, 0.717) is 13.1 Å². The van der Waals surface area contributed by atoms with E-state index in [0.717, 1.165) is 17.0 Å². The fraction of sp³-hybridized carbons (Fsp3) is 0.357. The molecule has 0 unspecified atom stereocenters. The van der Waals surface area contributed by atoms with Crippen LogP contribution in [0.4, 0.5) is 5.88 Å².